The maximum Gasteiger partial charge on any atom is 0.223 e. The van der Waals surface area contributed by atoms with Crippen LogP contribution in [0.3, 0.4) is 0 Å². The van der Waals surface area contributed by atoms with Gasteiger partial charge in [-0.3, -0.25) is 4.79 Å². The van der Waals surface area contributed by atoms with E-state index < -0.39 is 5.60 Å². The van der Waals surface area contributed by atoms with E-state index in [1.807, 2.05) is 6.20 Å². The summed E-state index contributed by atoms with van der Waals surface area (Å²) in [6, 6.07) is 4.39. The lowest BCUT2D eigenvalue weighted by Crippen LogP contribution is -2.55. The highest BCUT2D eigenvalue weighted by Crippen LogP contribution is 2.82. The SMILES string of the molecule is COc1c(C)ccc2[nH]cc(C(C)CC(=O)N3C4CC5(O)CC6(C4)CC36C5)c12. The third-order valence-corrected chi connectivity index (χ3v) is 8.36. The molecule has 1 aromatic heterocycles. The van der Waals surface area contributed by atoms with Gasteiger partial charge in [0.25, 0.3) is 0 Å². The Bertz CT molecular complexity index is 1030. The first-order valence-electron chi connectivity index (χ1n) is 10.5. The van der Waals surface area contributed by atoms with Gasteiger partial charge in [0.05, 0.1) is 18.2 Å². The molecule has 2 spiro atoms. The molecule has 5 atom stereocenters. The summed E-state index contributed by atoms with van der Waals surface area (Å²) >= 11 is 0. The van der Waals surface area contributed by atoms with E-state index >= 15 is 0 Å². The van der Waals surface area contributed by atoms with Crippen molar-refractivity contribution in [2.45, 2.75) is 75.5 Å². The molecule has 4 bridgehead atoms. The van der Waals surface area contributed by atoms with E-state index in [9.17, 15) is 9.90 Å². The number of aromatic nitrogens is 1. The molecular formula is C23H28N2O3. The van der Waals surface area contributed by atoms with E-state index in [0.29, 0.717) is 6.42 Å². The Morgan fingerprint density at radius 3 is 2.93 bits per heavy atom. The number of nitrogens with zero attached hydrogens (tertiary/aromatic N) is 1. The van der Waals surface area contributed by atoms with Crippen LogP contribution in [0.2, 0.25) is 0 Å². The fourth-order valence-electron chi connectivity index (χ4n) is 7.51. The van der Waals surface area contributed by atoms with Crippen molar-refractivity contribution in [3.05, 3.63) is 29.5 Å². The van der Waals surface area contributed by atoms with Gasteiger partial charge in [-0.2, -0.15) is 0 Å². The summed E-state index contributed by atoms with van der Waals surface area (Å²) in [7, 11) is 1.71. The highest BCUT2D eigenvalue weighted by molar-refractivity contribution is 5.92. The van der Waals surface area contributed by atoms with Crippen molar-refractivity contribution in [2.24, 2.45) is 5.41 Å². The molecule has 5 aliphatic rings. The molecule has 2 N–H and O–H groups in total. The fraction of sp³-hybridized carbons (Fsp3) is 0.609. The minimum Gasteiger partial charge on any atom is -0.496 e. The number of H-pyrrole nitrogens is 1. The smallest absolute Gasteiger partial charge is 0.223 e. The number of hydrogen-bond acceptors (Lipinski definition) is 3. The largest absolute Gasteiger partial charge is 0.496 e. The number of piperidine rings is 2. The van der Waals surface area contributed by atoms with Crippen molar-refractivity contribution in [2.75, 3.05) is 7.11 Å². The highest BCUT2D eigenvalue weighted by atomic mass is 16.5. The number of benzene rings is 1. The van der Waals surface area contributed by atoms with E-state index in [1.54, 1.807) is 7.11 Å². The van der Waals surface area contributed by atoms with Crippen molar-refractivity contribution in [1.82, 2.24) is 9.88 Å². The number of aromatic amines is 1. The minimum atomic E-state index is -0.495. The summed E-state index contributed by atoms with van der Waals surface area (Å²) < 4.78 is 5.68. The molecule has 5 heteroatoms. The second-order valence-corrected chi connectivity index (χ2v) is 10.1. The molecule has 5 nitrogen and oxygen atoms in total. The van der Waals surface area contributed by atoms with Gasteiger partial charge < -0.3 is 19.7 Å². The summed E-state index contributed by atoms with van der Waals surface area (Å²) in [5, 5.41) is 11.9. The Morgan fingerprint density at radius 1 is 1.36 bits per heavy atom. The number of carbonyl (C=O) groups is 1. The monoisotopic (exact) mass is 380 g/mol. The Kier molecular flexibility index (Phi) is 2.98. The summed E-state index contributed by atoms with van der Waals surface area (Å²) in [6.45, 7) is 4.20. The molecule has 3 saturated carbocycles. The summed E-state index contributed by atoms with van der Waals surface area (Å²) in [5.74, 6) is 1.28. The first-order valence-corrected chi connectivity index (χ1v) is 10.5. The van der Waals surface area contributed by atoms with E-state index in [4.69, 9.17) is 4.74 Å². The molecule has 1 amide bonds. The molecule has 5 unspecified atom stereocenters. The predicted molar refractivity (Wildman–Crippen MR) is 106 cm³/mol. The lowest BCUT2D eigenvalue weighted by Gasteiger charge is -2.46. The minimum absolute atomic E-state index is 0.0179. The number of rotatable bonds is 4. The lowest BCUT2D eigenvalue weighted by atomic mass is 9.76. The number of carbonyl (C=O) groups excluding carboxylic acids is 1. The van der Waals surface area contributed by atoms with Crippen LogP contribution in [0, 0.1) is 12.3 Å². The molecule has 148 valence electrons. The second kappa shape index (κ2) is 4.93. The normalized spacial score (nSPS) is 38.1. The molecule has 3 aliphatic carbocycles. The van der Waals surface area contributed by atoms with Gasteiger partial charge in [0, 0.05) is 41.4 Å². The van der Waals surface area contributed by atoms with Gasteiger partial charge in [-0.1, -0.05) is 13.0 Å². The van der Waals surface area contributed by atoms with Crippen LogP contribution in [0.1, 0.15) is 62.5 Å². The lowest BCUT2D eigenvalue weighted by molar-refractivity contribution is -0.144. The van der Waals surface area contributed by atoms with Gasteiger partial charge in [0.1, 0.15) is 5.75 Å². The molecule has 1 aromatic carbocycles. The fourth-order valence-corrected chi connectivity index (χ4v) is 7.51. The molecule has 2 aromatic rings. The Hall–Kier alpha value is -2.01. The van der Waals surface area contributed by atoms with Crippen molar-refractivity contribution in [3.8, 4) is 5.75 Å². The van der Waals surface area contributed by atoms with Gasteiger partial charge in [0.2, 0.25) is 5.91 Å². The quantitative estimate of drug-likeness (QED) is 0.851. The average molecular weight is 380 g/mol. The molecule has 5 fully saturated rings. The van der Waals surface area contributed by atoms with Crippen LogP contribution in [0.25, 0.3) is 10.9 Å². The van der Waals surface area contributed by atoms with Crippen molar-refractivity contribution in [1.29, 1.82) is 0 Å². The zero-order valence-corrected chi connectivity index (χ0v) is 16.8. The standard InChI is InChI=1S/C23H28N2O3/c1-13-4-5-17-19(20(13)28-3)16(9-24-17)14(2)6-18(26)25-15-7-21-10-22(27,8-15)12-23(21,25)11-21/h4-5,9,14-15,24,27H,6-8,10-12H2,1-3H3. The second-order valence-electron chi connectivity index (χ2n) is 10.1. The average Bonchev–Trinajstić information content (AvgIpc) is 2.90. The first-order chi connectivity index (χ1) is 13.3. The van der Waals surface area contributed by atoms with Gasteiger partial charge in [-0.25, -0.2) is 0 Å². The maximum absolute atomic E-state index is 13.4. The van der Waals surface area contributed by atoms with Crippen molar-refractivity contribution in [3.63, 3.8) is 0 Å². The van der Waals surface area contributed by atoms with Crippen LogP contribution in [-0.2, 0) is 4.79 Å². The van der Waals surface area contributed by atoms with Gasteiger partial charge >= 0.3 is 0 Å². The molecule has 3 heterocycles. The number of methoxy groups -OCH3 is 1. The highest BCUT2D eigenvalue weighted by Gasteiger charge is 2.86. The maximum atomic E-state index is 13.4. The third-order valence-electron chi connectivity index (χ3n) is 8.36. The molecule has 0 radical (unpaired) electrons. The molecule has 28 heavy (non-hydrogen) atoms. The van der Waals surface area contributed by atoms with Gasteiger partial charge in [-0.15, -0.1) is 0 Å². The van der Waals surface area contributed by atoms with Crippen LogP contribution >= 0.6 is 0 Å². The van der Waals surface area contributed by atoms with Crippen LogP contribution in [0.4, 0.5) is 0 Å². The number of hydrogen-bond donors (Lipinski definition) is 2. The molecular weight excluding hydrogens is 352 g/mol. The summed E-state index contributed by atoms with van der Waals surface area (Å²) in [6.07, 6.45) is 7.25. The van der Waals surface area contributed by atoms with Crippen LogP contribution in [0.15, 0.2) is 18.3 Å². The number of aliphatic hydroxyl groups is 1. The number of fused-ring (bicyclic) bond motifs is 1. The molecule has 7 rings (SSSR count). The summed E-state index contributed by atoms with van der Waals surface area (Å²) in [5.41, 5.74) is 3.04. The van der Waals surface area contributed by atoms with Crippen molar-refractivity contribution >= 4 is 16.8 Å². The molecule has 2 saturated heterocycles. The number of aryl methyl sites for hydroxylation is 1. The Morgan fingerprint density at radius 2 is 2.18 bits per heavy atom. The van der Waals surface area contributed by atoms with Crippen LogP contribution in [-0.4, -0.2) is 45.2 Å². The summed E-state index contributed by atoms with van der Waals surface area (Å²) in [4.78, 5) is 19.0. The Labute approximate surface area is 165 Å². The topological polar surface area (TPSA) is 65.6 Å². The van der Waals surface area contributed by atoms with E-state index in [2.05, 4.69) is 35.9 Å². The molecule has 2 aliphatic heterocycles. The number of amides is 1. The van der Waals surface area contributed by atoms with Gasteiger partial charge in [0.15, 0.2) is 0 Å². The number of ether oxygens (including phenoxy) is 1. The van der Waals surface area contributed by atoms with Crippen LogP contribution in [0.5, 0.6) is 5.75 Å². The van der Waals surface area contributed by atoms with E-state index in [0.717, 1.165) is 59.9 Å². The number of nitrogens with one attached hydrogen (secondary N) is 1. The first kappa shape index (κ1) is 16.9. The van der Waals surface area contributed by atoms with Crippen molar-refractivity contribution < 1.29 is 14.6 Å². The Balaban J connectivity index is 1.30. The van der Waals surface area contributed by atoms with E-state index in [1.165, 1.54) is 0 Å². The predicted octanol–water partition coefficient (Wildman–Crippen LogP) is 3.64. The van der Waals surface area contributed by atoms with E-state index in [-0.39, 0.29) is 28.8 Å². The zero-order valence-electron chi connectivity index (χ0n) is 16.8. The van der Waals surface area contributed by atoms with Gasteiger partial charge in [-0.05, 0) is 55.7 Å². The van der Waals surface area contributed by atoms with Crippen LogP contribution < -0.4 is 4.74 Å². The third kappa shape index (κ3) is 1.84. The zero-order chi connectivity index (χ0) is 19.5.